The maximum Gasteiger partial charge on any atom is 0.417 e. The number of aryl methyl sites for hydroxylation is 1. The van der Waals surface area contributed by atoms with Gasteiger partial charge >= 0.3 is 12.8 Å². The topological polar surface area (TPSA) is 35.8 Å². The van der Waals surface area contributed by atoms with Gasteiger partial charge in [-0.2, -0.15) is 22.0 Å². The molecule has 0 saturated heterocycles. The molecule has 0 saturated carbocycles. The number of benzene rings is 1. The van der Waals surface area contributed by atoms with Crippen molar-refractivity contribution in [1.29, 1.82) is 0 Å². The first-order valence-corrected chi connectivity index (χ1v) is 8.33. The summed E-state index contributed by atoms with van der Waals surface area (Å²) in [6.07, 6.45) is -3.80. The van der Waals surface area contributed by atoms with Gasteiger partial charge in [0.15, 0.2) is 22.8 Å². The molecule has 0 radical (unpaired) electrons. The summed E-state index contributed by atoms with van der Waals surface area (Å²) >= 11 is 5.72. The van der Waals surface area contributed by atoms with Crippen LogP contribution in [0.25, 0.3) is 0 Å². The molecule has 0 fully saturated rings. The molecule has 4 nitrogen and oxygen atoms in total. The highest BCUT2D eigenvalue weighted by Gasteiger charge is 2.33. The van der Waals surface area contributed by atoms with E-state index in [4.69, 9.17) is 16.3 Å². The number of fused-ring (bicyclic) bond motifs is 1. The molecule has 0 spiro atoms. The van der Waals surface area contributed by atoms with Crippen LogP contribution < -0.4 is 15.0 Å². The predicted molar refractivity (Wildman–Crippen MR) is 86.9 cm³/mol. The Morgan fingerprint density at radius 3 is 2.68 bits per heavy atom. The van der Waals surface area contributed by atoms with Crippen LogP contribution in [0.3, 0.4) is 0 Å². The zero-order valence-electron chi connectivity index (χ0n) is 14.2. The van der Waals surface area contributed by atoms with Gasteiger partial charge in [-0.1, -0.05) is 17.7 Å². The average Bonchev–Trinajstić information content (AvgIpc) is 2.59. The maximum absolute atomic E-state index is 14.2. The zero-order valence-corrected chi connectivity index (χ0v) is 15.0. The average molecular weight is 427 g/mol. The number of aromatic nitrogens is 1. The van der Waals surface area contributed by atoms with Crippen molar-refractivity contribution in [3.8, 4) is 11.5 Å². The molecule has 152 valence electrons. The molecule has 0 N–H and O–H groups in total. The Morgan fingerprint density at radius 1 is 1.32 bits per heavy atom. The molecule has 1 aliphatic heterocycles. The molecule has 1 aromatic carbocycles. The summed E-state index contributed by atoms with van der Waals surface area (Å²) in [4.78, 5) is 4.25. The van der Waals surface area contributed by atoms with E-state index in [1.54, 1.807) is 0 Å². The largest absolute Gasteiger partial charge is 0.490 e. The molecule has 0 bridgehead atoms. The second-order valence-electron chi connectivity index (χ2n) is 5.97. The zero-order chi connectivity index (χ0) is 20.6. The normalized spacial score (nSPS) is 17.5. The van der Waals surface area contributed by atoms with Crippen LogP contribution >= 0.6 is 11.6 Å². The first-order valence-electron chi connectivity index (χ1n) is 7.95. The number of hydrogen-bond donors (Lipinski definition) is 0. The van der Waals surface area contributed by atoms with E-state index in [0.29, 0.717) is 17.8 Å². The SMILES string of the molecule is Cn1cc(C(F)(F)F)cc(OC(F)F)/c1=N/C1CCOc2c1ccc(Cl)c2F. The first kappa shape index (κ1) is 20.4. The van der Waals surface area contributed by atoms with Crippen molar-refractivity contribution in [3.63, 3.8) is 0 Å². The number of nitrogens with zero attached hydrogens (tertiary/aromatic N) is 2. The minimum absolute atomic E-state index is 0.0633. The van der Waals surface area contributed by atoms with Crippen molar-refractivity contribution in [2.75, 3.05) is 6.61 Å². The Balaban J connectivity index is 2.16. The molecule has 2 heterocycles. The molecule has 1 atom stereocenters. The van der Waals surface area contributed by atoms with Gasteiger partial charge in [0.1, 0.15) is 0 Å². The van der Waals surface area contributed by atoms with Gasteiger partial charge in [-0.3, -0.25) is 4.99 Å². The van der Waals surface area contributed by atoms with E-state index in [9.17, 15) is 26.3 Å². The van der Waals surface area contributed by atoms with Gasteiger partial charge < -0.3 is 14.0 Å². The monoisotopic (exact) mass is 426 g/mol. The fraction of sp³-hybridized carbons (Fsp3) is 0.353. The van der Waals surface area contributed by atoms with Gasteiger partial charge in [-0.25, -0.2) is 4.39 Å². The smallest absolute Gasteiger partial charge is 0.417 e. The van der Waals surface area contributed by atoms with Gasteiger partial charge in [0, 0.05) is 25.2 Å². The third-order valence-corrected chi connectivity index (χ3v) is 4.36. The van der Waals surface area contributed by atoms with E-state index in [-0.39, 0.29) is 29.3 Å². The Bertz CT molecular complexity index is 958. The number of rotatable bonds is 3. The number of alkyl halides is 5. The fourth-order valence-electron chi connectivity index (χ4n) is 2.84. The molecular formula is C17H13ClF6N2O2. The van der Waals surface area contributed by atoms with Crippen LogP contribution in [-0.4, -0.2) is 17.8 Å². The lowest BCUT2D eigenvalue weighted by Crippen LogP contribution is -2.26. The number of halogens is 7. The molecule has 11 heteroatoms. The van der Waals surface area contributed by atoms with Gasteiger partial charge in [0.25, 0.3) is 0 Å². The van der Waals surface area contributed by atoms with Crippen LogP contribution in [-0.2, 0) is 13.2 Å². The van der Waals surface area contributed by atoms with Crippen LogP contribution in [0.2, 0.25) is 5.02 Å². The summed E-state index contributed by atoms with van der Waals surface area (Å²) < 4.78 is 89.1. The summed E-state index contributed by atoms with van der Waals surface area (Å²) in [7, 11) is 1.22. The van der Waals surface area contributed by atoms with E-state index in [2.05, 4.69) is 9.73 Å². The summed E-state index contributed by atoms with van der Waals surface area (Å²) in [5, 5.41) is -0.166. The predicted octanol–water partition coefficient (Wildman–Crippen LogP) is 4.86. The van der Waals surface area contributed by atoms with Crippen LogP contribution in [0.5, 0.6) is 11.5 Å². The second kappa shape index (κ2) is 7.57. The Morgan fingerprint density at radius 2 is 2.04 bits per heavy atom. The lowest BCUT2D eigenvalue weighted by molar-refractivity contribution is -0.138. The van der Waals surface area contributed by atoms with Gasteiger partial charge in [0.05, 0.1) is 23.2 Å². The summed E-state index contributed by atoms with van der Waals surface area (Å²) in [5.41, 5.74) is -1.12. The van der Waals surface area contributed by atoms with Crippen molar-refractivity contribution < 1.29 is 35.8 Å². The van der Waals surface area contributed by atoms with Crippen LogP contribution in [0.15, 0.2) is 29.4 Å². The number of ether oxygens (including phenoxy) is 2. The standard InChI is InChI=1S/C17H13ClF6N2O2/c1-26-7-8(17(22,23)24)6-12(28-16(20)21)15(26)25-11-4-5-27-14-9(11)2-3-10(18)13(14)19/h2-3,6-7,11,16H,4-5H2,1H3/b25-15-. The fourth-order valence-corrected chi connectivity index (χ4v) is 2.99. The molecule has 0 aliphatic carbocycles. The Hall–Kier alpha value is -2.36. The highest BCUT2D eigenvalue weighted by molar-refractivity contribution is 6.30. The van der Waals surface area contributed by atoms with Crippen molar-refractivity contribution in [2.24, 2.45) is 12.0 Å². The van der Waals surface area contributed by atoms with Crippen LogP contribution in [0, 0.1) is 5.82 Å². The third-order valence-electron chi connectivity index (χ3n) is 4.07. The minimum Gasteiger partial charge on any atom is -0.490 e. The lowest BCUT2D eigenvalue weighted by Gasteiger charge is -2.24. The van der Waals surface area contributed by atoms with E-state index >= 15 is 0 Å². The second-order valence-corrected chi connectivity index (χ2v) is 6.37. The molecule has 0 amide bonds. The minimum atomic E-state index is -4.76. The highest BCUT2D eigenvalue weighted by atomic mass is 35.5. The van der Waals surface area contributed by atoms with Crippen LogP contribution in [0.4, 0.5) is 26.3 Å². The lowest BCUT2D eigenvalue weighted by atomic mass is 10.0. The number of hydrogen-bond acceptors (Lipinski definition) is 3. The third kappa shape index (κ3) is 4.06. The Labute approximate surface area is 160 Å². The van der Waals surface area contributed by atoms with Gasteiger partial charge in [0.2, 0.25) is 0 Å². The molecule has 1 unspecified atom stereocenters. The van der Waals surface area contributed by atoms with Gasteiger partial charge in [-0.15, -0.1) is 0 Å². The van der Waals surface area contributed by atoms with Gasteiger partial charge in [-0.05, 0) is 12.1 Å². The highest BCUT2D eigenvalue weighted by Crippen LogP contribution is 2.39. The van der Waals surface area contributed by atoms with Crippen molar-refractivity contribution in [2.45, 2.75) is 25.3 Å². The summed E-state index contributed by atoms with van der Waals surface area (Å²) in [6.45, 7) is -3.29. The molecule has 2 aromatic rings. The first-order chi connectivity index (χ1) is 13.1. The van der Waals surface area contributed by atoms with Crippen molar-refractivity contribution in [1.82, 2.24) is 4.57 Å². The molecular weight excluding hydrogens is 414 g/mol. The van der Waals surface area contributed by atoms with E-state index < -0.39 is 36.0 Å². The van der Waals surface area contributed by atoms with E-state index in [0.717, 1.165) is 4.57 Å². The Kier molecular flexibility index (Phi) is 5.51. The van der Waals surface area contributed by atoms with E-state index in [1.807, 2.05) is 0 Å². The summed E-state index contributed by atoms with van der Waals surface area (Å²) in [5.74, 6) is -1.66. The number of pyridine rings is 1. The van der Waals surface area contributed by atoms with E-state index in [1.165, 1.54) is 19.2 Å². The maximum atomic E-state index is 14.2. The molecule has 1 aromatic heterocycles. The van der Waals surface area contributed by atoms with Crippen molar-refractivity contribution in [3.05, 3.63) is 51.9 Å². The molecule has 1 aliphatic rings. The molecule has 3 rings (SSSR count). The van der Waals surface area contributed by atoms with Crippen LogP contribution in [0.1, 0.15) is 23.6 Å². The van der Waals surface area contributed by atoms with Crippen molar-refractivity contribution >= 4 is 11.6 Å². The summed E-state index contributed by atoms with van der Waals surface area (Å²) in [6, 6.07) is 2.45. The molecule has 28 heavy (non-hydrogen) atoms. The quantitative estimate of drug-likeness (QED) is 0.657.